The summed E-state index contributed by atoms with van der Waals surface area (Å²) in [6.45, 7) is 0. The molecule has 74 valence electrons. The molecule has 0 amide bonds. The van der Waals surface area contributed by atoms with Crippen molar-refractivity contribution < 1.29 is 0 Å². The summed E-state index contributed by atoms with van der Waals surface area (Å²) in [6.07, 6.45) is 1.46. The molecule has 2 heterocycles. The van der Waals surface area contributed by atoms with Crippen LogP contribution in [-0.4, -0.2) is 15.0 Å². The molecule has 2 aromatic heterocycles. The number of hydrogen-bond acceptors (Lipinski definition) is 3. The predicted molar refractivity (Wildman–Crippen MR) is 63.5 cm³/mol. The molecule has 0 saturated heterocycles. The Kier molecular flexibility index (Phi) is 1.70. The van der Waals surface area contributed by atoms with Gasteiger partial charge in [0.25, 0.3) is 0 Å². The standard InChI is InChI=1S/C10H7BrN4/c11-5-1-2-6-7(3-5)15-10-8(6)9(12)13-4-14-10/h1-4H,(H3,12,13,14,15). The molecule has 0 fully saturated rings. The number of anilines is 1. The SMILES string of the molecule is Nc1ncnc2[nH]c3cc(Br)ccc3c12. The molecule has 0 spiro atoms. The summed E-state index contributed by atoms with van der Waals surface area (Å²) >= 11 is 3.42. The van der Waals surface area contributed by atoms with Crippen molar-refractivity contribution in [2.45, 2.75) is 0 Å². The van der Waals surface area contributed by atoms with Crippen molar-refractivity contribution in [3.63, 3.8) is 0 Å². The van der Waals surface area contributed by atoms with Gasteiger partial charge in [0.1, 0.15) is 17.8 Å². The summed E-state index contributed by atoms with van der Waals surface area (Å²) in [4.78, 5) is 11.3. The zero-order valence-electron chi connectivity index (χ0n) is 7.66. The van der Waals surface area contributed by atoms with E-state index >= 15 is 0 Å². The predicted octanol–water partition coefficient (Wildman–Crippen LogP) is 2.46. The van der Waals surface area contributed by atoms with E-state index in [2.05, 4.69) is 30.9 Å². The van der Waals surface area contributed by atoms with Crippen LogP contribution in [0.5, 0.6) is 0 Å². The van der Waals surface area contributed by atoms with Crippen molar-refractivity contribution in [1.82, 2.24) is 15.0 Å². The van der Waals surface area contributed by atoms with E-state index in [-0.39, 0.29) is 0 Å². The summed E-state index contributed by atoms with van der Waals surface area (Å²) in [5.41, 5.74) is 7.60. The minimum absolute atomic E-state index is 0.508. The van der Waals surface area contributed by atoms with Gasteiger partial charge in [-0.15, -0.1) is 0 Å². The molecule has 0 aliphatic carbocycles. The van der Waals surface area contributed by atoms with Gasteiger partial charge in [0.2, 0.25) is 0 Å². The zero-order valence-corrected chi connectivity index (χ0v) is 9.25. The minimum atomic E-state index is 0.508. The van der Waals surface area contributed by atoms with Crippen molar-refractivity contribution >= 4 is 43.7 Å². The molecule has 3 rings (SSSR count). The quantitative estimate of drug-likeness (QED) is 0.654. The van der Waals surface area contributed by atoms with E-state index < -0.39 is 0 Å². The Morgan fingerprint density at radius 3 is 3.00 bits per heavy atom. The number of nitrogens with zero attached hydrogens (tertiary/aromatic N) is 2. The molecule has 0 saturated carbocycles. The highest BCUT2D eigenvalue weighted by Crippen LogP contribution is 2.28. The Labute approximate surface area is 93.7 Å². The van der Waals surface area contributed by atoms with Crippen LogP contribution < -0.4 is 5.73 Å². The largest absolute Gasteiger partial charge is 0.383 e. The maximum absolute atomic E-state index is 5.82. The monoisotopic (exact) mass is 262 g/mol. The molecule has 4 nitrogen and oxygen atoms in total. The van der Waals surface area contributed by atoms with Crippen LogP contribution >= 0.6 is 15.9 Å². The molecule has 1 aromatic carbocycles. The Hall–Kier alpha value is -1.62. The van der Waals surface area contributed by atoms with Crippen LogP contribution in [0.25, 0.3) is 21.9 Å². The molecule has 0 aliphatic heterocycles. The van der Waals surface area contributed by atoms with Gasteiger partial charge in [-0.3, -0.25) is 0 Å². The molecule has 0 radical (unpaired) electrons. The highest BCUT2D eigenvalue weighted by Gasteiger charge is 2.08. The smallest absolute Gasteiger partial charge is 0.143 e. The number of rotatable bonds is 0. The van der Waals surface area contributed by atoms with Gasteiger partial charge >= 0.3 is 0 Å². The number of aromatic amines is 1. The van der Waals surface area contributed by atoms with Gasteiger partial charge in [0, 0.05) is 15.4 Å². The maximum atomic E-state index is 5.82. The summed E-state index contributed by atoms with van der Waals surface area (Å²) in [6, 6.07) is 5.97. The number of nitrogens with two attached hydrogens (primary N) is 1. The molecular weight excluding hydrogens is 256 g/mol. The van der Waals surface area contributed by atoms with Gasteiger partial charge in [0.05, 0.1) is 5.39 Å². The van der Waals surface area contributed by atoms with E-state index in [0.29, 0.717) is 5.82 Å². The first-order chi connectivity index (χ1) is 7.25. The molecule has 3 aromatic rings. The molecule has 15 heavy (non-hydrogen) atoms. The Morgan fingerprint density at radius 1 is 1.27 bits per heavy atom. The second-order valence-electron chi connectivity index (χ2n) is 3.30. The third-order valence-electron chi connectivity index (χ3n) is 2.38. The van der Waals surface area contributed by atoms with E-state index in [4.69, 9.17) is 5.73 Å². The molecular formula is C10H7BrN4. The lowest BCUT2D eigenvalue weighted by Crippen LogP contribution is -1.91. The molecule has 5 heteroatoms. The number of aromatic nitrogens is 3. The number of hydrogen-bond donors (Lipinski definition) is 2. The molecule has 3 N–H and O–H groups in total. The number of H-pyrrole nitrogens is 1. The summed E-state index contributed by atoms with van der Waals surface area (Å²) in [5.74, 6) is 0.508. The van der Waals surface area contributed by atoms with Gasteiger partial charge in [-0.2, -0.15) is 0 Å². The van der Waals surface area contributed by atoms with Crippen LogP contribution in [0.15, 0.2) is 29.0 Å². The van der Waals surface area contributed by atoms with E-state index in [1.807, 2.05) is 18.2 Å². The summed E-state index contributed by atoms with van der Waals surface area (Å²) in [5, 5.41) is 1.94. The van der Waals surface area contributed by atoms with Gasteiger partial charge < -0.3 is 10.7 Å². The third kappa shape index (κ3) is 1.20. The van der Waals surface area contributed by atoms with E-state index in [0.717, 1.165) is 26.4 Å². The lowest BCUT2D eigenvalue weighted by atomic mass is 10.2. The first-order valence-electron chi connectivity index (χ1n) is 4.43. The first kappa shape index (κ1) is 8.67. The van der Waals surface area contributed by atoms with Crippen LogP contribution in [0.1, 0.15) is 0 Å². The highest BCUT2D eigenvalue weighted by atomic mass is 79.9. The fraction of sp³-hybridized carbons (Fsp3) is 0. The van der Waals surface area contributed by atoms with Crippen molar-refractivity contribution in [2.75, 3.05) is 5.73 Å². The van der Waals surface area contributed by atoms with Crippen LogP contribution in [0.2, 0.25) is 0 Å². The van der Waals surface area contributed by atoms with Gasteiger partial charge in [-0.05, 0) is 12.1 Å². The van der Waals surface area contributed by atoms with Crippen molar-refractivity contribution in [1.29, 1.82) is 0 Å². The maximum Gasteiger partial charge on any atom is 0.143 e. The molecule has 0 aliphatic rings. The Bertz CT molecular complexity index is 659. The van der Waals surface area contributed by atoms with Crippen LogP contribution in [0.4, 0.5) is 5.82 Å². The molecule has 0 bridgehead atoms. The van der Waals surface area contributed by atoms with Gasteiger partial charge in [0.15, 0.2) is 0 Å². The van der Waals surface area contributed by atoms with Crippen LogP contribution in [-0.2, 0) is 0 Å². The number of benzene rings is 1. The molecule has 0 atom stereocenters. The van der Waals surface area contributed by atoms with E-state index in [9.17, 15) is 0 Å². The summed E-state index contributed by atoms with van der Waals surface area (Å²) < 4.78 is 1.02. The van der Waals surface area contributed by atoms with Gasteiger partial charge in [-0.25, -0.2) is 9.97 Å². The Balaban J connectivity index is 2.59. The average Bonchev–Trinajstić information content (AvgIpc) is 2.56. The zero-order chi connectivity index (χ0) is 10.4. The lowest BCUT2D eigenvalue weighted by molar-refractivity contribution is 1.21. The normalized spacial score (nSPS) is 11.3. The number of fused-ring (bicyclic) bond motifs is 3. The first-order valence-corrected chi connectivity index (χ1v) is 5.22. The van der Waals surface area contributed by atoms with Crippen molar-refractivity contribution in [3.05, 3.63) is 29.0 Å². The fourth-order valence-corrected chi connectivity index (χ4v) is 2.09. The average molecular weight is 263 g/mol. The highest BCUT2D eigenvalue weighted by molar-refractivity contribution is 9.10. The number of halogens is 1. The number of nitrogen functional groups attached to an aromatic ring is 1. The molecule has 0 unspecified atom stereocenters. The second kappa shape index (κ2) is 2.93. The third-order valence-corrected chi connectivity index (χ3v) is 2.87. The van der Waals surface area contributed by atoms with Gasteiger partial charge in [-0.1, -0.05) is 22.0 Å². The second-order valence-corrected chi connectivity index (χ2v) is 4.21. The Morgan fingerprint density at radius 2 is 2.13 bits per heavy atom. The van der Waals surface area contributed by atoms with Crippen LogP contribution in [0, 0.1) is 0 Å². The lowest BCUT2D eigenvalue weighted by Gasteiger charge is -1.94. The minimum Gasteiger partial charge on any atom is -0.383 e. The van der Waals surface area contributed by atoms with E-state index in [1.165, 1.54) is 6.33 Å². The topological polar surface area (TPSA) is 67.6 Å². The van der Waals surface area contributed by atoms with E-state index in [1.54, 1.807) is 0 Å². The number of nitrogens with one attached hydrogen (secondary N) is 1. The summed E-state index contributed by atoms with van der Waals surface area (Å²) in [7, 11) is 0. The fourth-order valence-electron chi connectivity index (χ4n) is 1.72. The van der Waals surface area contributed by atoms with Crippen LogP contribution in [0.3, 0.4) is 0 Å². The van der Waals surface area contributed by atoms with Crippen molar-refractivity contribution in [2.24, 2.45) is 0 Å². The van der Waals surface area contributed by atoms with Crippen molar-refractivity contribution in [3.8, 4) is 0 Å².